The van der Waals surface area contributed by atoms with Gasteiger partial charge in [0.1, 0.15) is 12.2 Å². The van der Waals surface area contributed by atoms with Crippen LogP contribution in [0.4, 0.5) is 5.95 Å². The highest BCUT2D eigenvalue weighted by Gasteiger charge is 2.13. The number of carboxylic acids is 1. The molecule has 0 aliphatic carbocycles. The van der Waals surface area contributed by atoms with E-state index in [9.17, 15) is 10.1 Å². The minimum absolute atomic E-state index is 0.137. The van der Waals surface area contributed by atoms with Crippen molar-refractivity contribution in [2.45, 2.75) is 26.3 Å². The number of aliphatic carboxylic acids is 1. The van der Waals surface area contributed by atoms with E-state index < -0.39 is 5.97 Å². The van der Waals surface area contributed by atoms with Crippen LogP contribution >= 0.6 is 0 Å². The molecule has 0 amide bonds. The highest BCUT2D eigenvalue weighted by atomic mass is 16.4. The standard InChI is InChI=1S/C24H22N8O2/c1-15(2)19-8-4-7-18(27-19)13-32-14-22(30-31-32)21-10-20(17-6-3-5-16(9-17)11-25)28-24(29-21)26-12-23(33)34/h3-10,14-15H,12-13H2,1-2H3,(H,33,34)(H,26,28,29). The minimum Gasteiger partial charge on any atom is -0.480 e. The van der Waals surface area contributed by atoms with E-state index in [-0.39, 0.29) is 12.5 Å². The number of anilines is 1. The first-order valence-corrected chi connectivity index (χ1v) is 10.6. The maximum atomic E-state index is 11.0. The predicted molar refractivity (Wildman–Crippen MR) is 125 cm³/mol. The van der Waals surface area contributed by atoms with Crippen molar-refractivity contribution in [1.82, 2.24) is 29.9 Å². The topological polar surface area (TPSA) is 142 Å². The van der Waals surface area contributed by atoms with E-state index in [1.54, 1.807) is 35.1 Å². The van der Waals surface area contributed by atoms with E-state index in [1.807, 2.05) is 24.3 Å². The molecule has 0 spiro atoms. The van der Waals surface area contributed by atoms with Crippen molar-refractivity contribution >= 4 is 11.9 Å². The molecule has 0 unspecified atom stereocenters. The number of hydrogen-bond acceptors (Lipinski definition) is 8. The van der Waals surface area contributed by atoms with Gasteiger partial charge in [-0.15, -0.1) is 5.10 Å². The van der Waals surface area contributed by atoms with Crippen LogP contribution in [-0.2, 0) is 11.3 Å². The molecule has 170 valence electrons. The lowest BCUT2D eigenvalue weighted by Gasteiger charge is -2.08. The van der Waals surface area contributed by atoms with Crippen LogP contribution in [0.2, 0.25) is 0 Å². The number of carboxylic acid groups (broad SMARTS) is 1. The molecular formula is C24H22N8O2. The van der Waals surface area contributed by atoms with Crippen molar-refractivity contribution in [3.05, 3.63) is 71.7 Å². The van der Waals surface area contributed by atoms with Gasteiger partial charge in [0.2, 0.25) is 5.95 Å². The van der Waals surface area contributed by atoms with Gasteiger partial charge in [0, 0.05) is 11.3 Å². The Hall–Kier alpha value is -4.65. The highest BCUT2D eigenvalue weighted by Crippen LogP contribution is 2.25. The Balaban J connectivity index is 1.67. The van der Waals surface area contributed by atoms with Crippen LogP contribution in [-0.4, -0.2) is 47.6 Å². The summed E-state index contributed by atoms with van der Waals surface area (Å²) in [6.45, 7) is 4.29. The fourth-order valence-corrected chi connectivity index (χ4v) is 3.27. The second kappa shape index (κ2) is 9.87. The molecule has 0 saturated carbocycles. The average Bonchev–Trinajstić information content (AvgIpc) is 3.31. The van der Waals surface area contributed by atoms with E-state index in [4.69, 9.17) is 5.11 Å². The summed E-state index contributed by atoms with van der Waals surface area (Å²) in [5.74, 6) is -0.579. The first kappa shape index (κ1) is 22.5. The lowest BCUT2D eigenvalue weighted by molar-refractivity contribution is -0.134. The molecule has 0 radical (unpaired) electrons. The van der Waals surface area contributed by atoms with Gasteiger partial charge in [-0.05, 0) is 36.2 Å². The maximum absolute atomic E-state index is 11.0. The Labute approximate surface area is 196 Å². The fraction of sp³-hybridized carbons (Fsp3) is 0.208. The Morgan fingerprint density at radius 1 is 1.09 bits per heavy atom. The quantitative estimate of drug-likeness (QED) is 0.410. The van der Waals surface area contributed by atoms with Crippen LogP contribution in [0.5, 0.6) is 0 Å². The van der Waals surface area contributed by atoms with Gasteiger partial charge in [-0.1, -0.05) is 37.3 Å². The van der Waals surface area contributed by atoms with Crippen molar-refractivity contribution < 1.29 is 9.90 Å². The summed E-state index contributed by atoms with van der Waals surface area (Å²) in [6.07, 6.45) is 1.75. The van der Waals surface area contributed by atoms with Crippen molar-refractivity contribution in [2.24, 2.45) is 0 Å². The lowest BCUT2D eigenvalue weighted by Crippen LogP contribution is -2.14. The molecule has 0 aliphatic heterocycles. The normalized spacial score (nSPS) is 10.8. The van der Waals surface area contributed by atoms with Gasteiger partial charge in [-0.3, -0.25) is 9.78 Å². The molecule has 3 heterocycles. The minimum atomic E-state index is -1.04. The first-order valence-electron chi connectivity index (χ1n) is 10.6. The molecule has 2 N–H and O–H groups in total. The molecule has 4 aromatic rings. The summed E-state index contributed by atoms with van der Waals surface area (Å²) in [5, 5.41) is 29.4. The molecule has 0 aliphatic rings. The van der Waals surface area contributed by atoms with E-state index in [0.717, 1.165) is 11.4 Å². The summed E-state index contributed by atoms with van der Waals surface area (Å²) < 4.78 is 1.67. The summed E-state index contributed by atoms with van der Waals surface area (Å²) >= 11 is 0. The molecule has 34 heavy (non-hydrogen) atoms. The zero-order valence-electron chi connectivity index (χ0n) is 18.7. The lowest BCUT2D eigenvalue weighted by atomic mass is 10.1. The molecule has 0 bridgehead atoms. The number of rotatable bonds is 8. The fourth-order valence-electron chi connectivity index (χ4n) is 3.27. The Bertz CT molecular complexity index is 1370. The maximum Gasteiger partial charge on any atom is 0.322 e. The molecule has 0 atom stereocenters. The molecule has 4 rings (SSSR count). The van der Waals surface area contributed by atoms with Crippen LogP contribution in [0.15, 0.2) is 54.7 Å². The van der Waals surface area contributed by atoms with Crippen molar-refractivity contribution in [1.29, 1.82) is 5.26 Å². The largest absolute Gasteiger partial charge is 0.480 e. The highest BCUT2D eigenvalue weighted by molar-refractivity contribution is 5.73. The van der Waals surface area contributed by atoms with Crippen LogP contribution in [0, 0.1) is 11.3 Å². The van der Waals surface area contributed by atoms with Gasteiger partial charge in [0.05, 0.1) is 41.5 Å². The van der Waals surface area contributed by atoms with Gasteiger partial charge in [0.15, 0.2) is 0 Å². The molecule has 10 heteroatoms. The van der Waals surface area contributed by atoms with E-state index in [2.05, 4.69) is 50.5 Å². The number of nitriles is 1. The summed E-state index contributed by atoms with van der Waals surface area (Å²) in [5.41, 5.74) is 4.54. The zero-order valence-corrected chi connectivity index (χ0v) is 18.7. The Kier molecular flexibility index (Phi) is 6.54. The average molecular weight is 454 g/mol. The van der Waals surface area contributed by atoms with Crippen molar-refractivity contribution in [3.8, 4) is 28.7 Å². The van der Waals surface area contributed by atoms with Crippen molar-refractivity contribution in [3.63, 3.8) is 0 Å². The molecular weight excluding hydrogens is 432 g/mol. The number of benzene rings is 1. The first-order chi connectivity index (χ1) is 16.4. The third-order valence-corrected chi connectivity index (χ3v) is 4.96. The summed E-state index contributed by atoms with van der Waals surface area (Å²) in [6, 6.07) is 16.7. The smallest absolute Gasteiger partial charge is 0.322 e. The molecule has 3 aromatic heterocycles. The van der Waals surface area contributed by atoms with Gasteiger partial charge in [-0.2, -0.15) is 5.26 Å². The van der Waals surface area contributed by atoms with E-state index in [0.29, 0.717) is 40.7 Å². The zero-order chi connectivity index (χ0) is 24.1. The number of carbonyl (C=O) groups is 1. The summed E-state index contributed by atoms with van der Waals surface area (Å²) in [4.78, 5) is 24.5. The molecule has 0 fully saturated rings. The monoisotopic (exact) mass is 454 g/mol. The molecule has 1 aromatic carbocycles. The Morgan fingerprint density at radius 2 is 1.88 bits per heavy atom. The predicted octanol–water partition coefficient (Wildman–Crippen LogP) is 3.34. The second-order valence-electron chi connectivity index (χ2n) is 7.91. The van der Waals surface area contributed by atoms with Gasteiger partial charge in [0.25, 0.3) is 0 Å². The number of aromatic nitrogens is 6. The van der Waals surface area contributed by atoms with Crippen LogP contribution < -0.4 is 5.32 Å². The van der Waals surface area contributed by atoms with E-state index >= 15 is 0 Å². The van der Waals surface area contributed by atoms with E-state index in [1.165, 1.54) is 0 Å². The molecule has 0 saturated heterocycles. The van der Waals surface area contributed by atoms with Crippen molar-refractivity contribution in [2.75, 3.05) is 11.9 Å². The van der Waals surface area contributed by atoms with Gasteiger partial charge in [-0.25, -0.2) is 14.6 Å². The second-order valence-corrected chi connectivity index (χ2v) is 7.91. The SMILES string of the molecule is CC(C)c1cccc(Cn2cc(-c3cc(-c4cccc(C#N)c4)nc(NCC(=O)O)n3)nn2)n1. The Morgan fingerprint density at radius 3 is 2.65 bits per heavy atom. The van der Waals surface area contributed by atoms with Crippen LogP contribution in [0.25, 0.3) is 22.6 Å². The van der Waals surface area contributed by atoms with Gasteiger partial charge < -0.3 is 10.4 Å². The van der Waals surface area contributed by atoms with Crippen LogP contribution in [0.1, 0.15) is 36.7 Å². The third-order valence-electron chi connectivity index (χ3n) is 4.96. The third kappa shape index (κ3) is 5.39. The number of hydrogen-bond donors (Lipinski definition) is 2. The van der Waals surface area contributed by atoms with Gasteiger partial charge >= 0.3 is 5.97 Å². The number of nitrogens with zero attached hydrogens (tertiary/aromatic N) is 7. The van der Waals surface area contributed by atoms with Crippen LogP contribution in [0.3, 0.4) is 0 Å². The number of nitrogens with one attached hydrogen (secondary N) is 1. The number of pyridine rings is 1. The summed E-state index contributed by atoms with van der Waals surface area (Å²) in [7, 11) is 0. The molecule has 10 nitrogen and oxygen atoms in total.